The van der Waals surface area contributed by atoms with Gasteiger partial charge in [0.05, 0.1) is 43.3 Å². The standard InChI is InChI=1S/C18H33NO13S/c1-27-13-5-9(21)12(7-29-13)31-18-15(19)16(23)17(11(30-18)2-3-33(24,25)26)32-14-4-8(20)10(22)6-28-14/h8-18,20-23H,2-7,19H2,1H3,(H,24,25,26)/t8-,9-,10+,11?,12+,13+,14-,15?,16+,17+,18-/m0/s1. The van der Waals surface area contributed by atoms with E-state index < -0.39 is 83.5 Å². The van der Waals surface area contributed by atoms with Gasteiger partial charge in [-0.15, -0.1) is 0 Å². The summed E-state index contributed by atoms with van der Waals surface area (Å²) in [6, 6.07) is -1.16. The van der Waals surface area contributed by atoms with Crippen LogP contribution in [0.2, 0.25) is 0 Å². The van der Waals surface area contributed by atoms with Crippen molar-refractivity contribution in [2.24, 2.45) is 5.73 Å². The summed E-state index contributed by atoms with van der Waals surface area (Å²) >= 11 is 0. The van der Waals surface area contributed by atoms with Gasteiger partial charge in [-0.2, -0.15) is 8.42 Å². The van der Waals surface area contributed by atoms with Crippen LogP contribution in [0, 0.1) is 0 Å². The van der Waals surface area contributed by atoms with Crippen LogP contribution in [0.5, 0.6) is 0 Å². The second-order valence-electron chi connectivity index (χ2n) is 8.40. The molecule has 0 saturated carbocycles. The Morgan fingerprint density at radius 2 is 1.64 bits per heavy atom. The molecule has 3 fully saturated rings. The number of hydrogen-bond donors (Lipinski definition) is 6. The van der Waals surface area contributed by atoms with E-state index in [0.29, 0.717) is 0 Å². The Hall–Kier alpha value is -0.530. The molecular weight excluding hydrogens is 470 g/mol. The summed E-state index contributed by atoms with van der Waals surface area (Å²) in [4.78, 5) is 0. The van der Waals surface area contributed by atoms with E-state index in [4.69, 9.17) is 38.7 Å². The van der Waals surface area contributed by atoms with Crippen molar-refractivity contribution in [3.8, 4) is 0 Å². The molecule has 2 unspecified atom stereocenters. The quantitative estimate of drug-likeness (QED) is 0.179. The van der Waals surface area contributed by atoms with Crippen LogP contribution in [-0.2, 0) is 38.5 Å². The molecule has 7 N–H and O–H groups in total. The molecule has 0 radical (unpaired) electrons. The van der Waals surface area contributed by atoms with Crippen LogP contribution in [0.3, 0.4) is 0 Å². The van der Waals surface area contributed by atoms with Crippen molar-refractivity contribution >= 4 is 10.1 Å². The Morgan fingerprint density at radius 3 is 2.24 bits per heavy atom. The maximum atomic E-state index is 11.3. The van der Waals surface area contributed by atoms with Gasteiger partial charge in [0, 0.05) is 20.0 Å². The van der Waals surface area contributed by atoms with Crippen LogP contribution in [0.25, 0.3) is 0 Å². The molecule has 15 heteroatoms. The number of nitrogens with two attached hydrogens (primary N) is 1. The summed E-state index contributed by atoms with van der Waals surface area (Å²) in [5.74, 6) is -0.691. The Kier molecular flexibility index (Phi) is 9.41. The van der Waals surface area contributed by atoms with Crippen LogP contribution in [0.1, 0.15) is 19.3 Å². The highest BCUT2D eigenvalue weighted by Gasteiger charge is 2.48. The van der Waals surface area contributed by atoms with E-state index in [2.05, 4.69) is 0 Å². The van der Waals surface area contributed by atoms with Crippen molar-refractivity contribution in [3.05, 3.63) is 0 Å². The van der Waals surface area contributed by atoms with Crippen LogP contribution in [-0.4, -0.2) is 127 Å². The first-order valence-electron chi connectivity index (χ1n) is 10.6. The topological polar surface area (TPSA) is 217 Å². The van der Waals surface area contributed by atoms with Gasteiger partial charge in [0.25, 0.3) is 10.1 Å². The van der Waals surface area contributed by atoms with Crippen LogP contribution < -0.4 is 5.73 Å². The second kappa shape index (κ2) is 11.5. The van der Waals surface area contributed by atoms with Gasteiger partial charge in [0.15, 0.2) is 18.9 Å². The average Bonchev–Trinajstić information content (AvgIpc) is 2.75. The first-order valence-corrected chi connectivity index (χ1v) is 12.2. The molecule has 0 aromatic rings. The summed E-state index contributed by atoms with van der Waals surface area (Å²) in [5.41, 5.74) is 6.10. The maximum absolute atomic E-state index is 11.3. The minimum atomic E-state index is -4.36. The molecule has 0 aromatic heterocycles. The van der Waals surface area contributed by atoms with Gasteiger partial charge in [0.1, 0.15) is 24.4 Å². The lowest BCUT2D eigenvalue weighted by atomic mass is 9.95. The van der Waals surface area contributed by atoms with Gasteiger partial charge >= 0.3 is 0 Å². The van der Waals surface area contributed by atoms with Gasteiger partial charge in [-0.05, 0) is 6.42 Å². The number of rotatable bonds is 8. The smallest absolute Gasteiger partial charge is 0.264 e. The first kappa shape index (κ1) is 27.1. The molecule has 194 valence electrons. The predicted octanol–water partition coefficient (Wildman–Crippen LogP) is -3.33. The minimum Gasteiger partial charge on any atom is -0.390 e. The molecule has 33 heavy (non-hydrogen) atoms. The lowest BCUT2D eigenvalue weighted by Gasteiger charge is -2.46. The molecule has 0 aliphatic carbocycles. The van der Waals surface area contributed by atoms with Crippen LogP contribution in [0.15, 0.2) is 0 Å². The predicted molar refractivity (Wildman–Crippen MR) is 107 cm³/mol. The number of aliphatic hydroxyl groups is 4. The van der Waals surface area contributed by atoms with E-state index in [0.717, 1.165) is 0 Å². The molecule has 0 bridgehead atoms. The van der Waals surface area contributed by atoms with Crippen LogP contribution >= 0.6 is 0 Å². The van der Waals surface area contributed by atoms with E-state index in [1.165, 1.54) is 7.11 Å². The molecule has 11 atom stereocenters. The van der Waals surface area contributed by atoms with E-state index >= 15 is 0 Å². The Bertz CT molecular complexity index is 726. The summed E-state index contributed by atoms with van der Waals surface area (Å²) in [6.45, 7) is -0.237. The van der Waals surface area contributed by atoms with Crippen molar-refractivity contribution in [1.82, 2.24) is 0 Å². The maximum Gasteiger partial charge on any atom is 0.264 e. The van der Waals surface area contributed by atoms with Gasteiger partial charge in [-0.3, -0.25) is 4.55 Å². The summed E-state index contributed by atoms with van der Waals surface area (Å²) in [7, 11) is -2.92. The van der Waals surface area contributed by atoms with E-state index in [-0.39, 0.29) is 32.5 Å². The zero-order chi connectivity index (χ0) is 24.3. The van der Waals surface area contributed by atoms with Crippen molar-refractivity contribution in [3.63, 3.8) is 0 Å². The second-order valence-corrected chi connectivity index (χ2v) is 9.97. The number of ether oxygens (including phenoxy) is 6. The van der Waals surface area contributed by atoms with E-state index in [1.54, 1.807) is 0 Å². The third-order valence-corrected chi connectivity index (χ3v) is 6.65. The molecule has 3 heterocycles. The van der Waals surface area contributed by atoms with Crippen molar-refractivity contribution < 1.29 is 61.8 Å². The Morgan fingerprint density at radius 1 is 0.970 bits per heavy atom. The third-order valence-electron chi connectivity index (χ3n) is 5.90. The van der Waals surface area contributed by atoms with Crippen molar-refractivity contribution in [2.75, 3.05) is 26.1 Å². The normalized spacial score (nSPS) is 45.1. The lowest BCUT2D eigenvalue weighted by molar-refractivity contribution is -0.327. The van der Waals surface area contributed by atoms with Crippen molar-refractivity contribution in [1.29, 1.82) is 0 Å². The highest BCUT2D eigenvalue weighted by molar-refractivity contribution is 7.85. The molecule has 0 aromatic carbocycles. The highest BCUT2D eigenvalue weighted by Crippen LogP contribution is 2.30. The molecule has 0 spiro atoms. The largest absolute Gasteiger partial charge is 0.390 e. The fourth-order valence-electron chi connectivity index (χ4n) is 3.93. The molecule has 14 nitrogen and oxygen atoms in total. The average molecular weight is 504 g/mol. The molecule has 3 saturated heterocycles. The highest BCUT2D eigenvalue weighted by atomic mass is 32.2. The summed E-state index contributed by atoms with van der Waals surface area (Å²) < 4.78 is 64.8. The van der Waals surface area contributed by atoms with Crippen LogP contribution in [0.4, 0.5) is 0 Å². The molecule has 0 amide bonds. The fraction of sp³-hybridized carbons (Fsp3) is 1.00. The summed E-state index contributed by atoms with van der Waals surface area (Å²) in [6.07, 6.45) is -10.9. The molecule has 3 aliphatic heterocycles. The van der Waals surface area contributed by atoms with Gasteiger partial charge in [0.2, 0.25) is 0 Å². The van der Waals surface area contributed by atoms with Gasteiger partial charge < -0.3 is 54.6 Å². The SMILES string of the molecule is CO[C@H]1C[C@H](O)[C@H](O[C@@H]2OC(CCS(=O)(=O)O)[C@@H](O[C@H]3C[C@H](O)[C@H](O)CO3)[C@H](O)C2N)CO1. The van der Waals surface area contributed by atoms with Gasteiger partial charge in [-0.1, -0.05) is 0 Å². The first-order chi connectivity index (χ1) is 15.5. The van der Waals surface area contributed by atoms with Crippen molar-refractivity contribution in [2.45, 2.75) is 86.9 Å². The van der Waals surface area contributed by atoms with E-state index in [9.17, 15) is 28.8 Å². The molecular formula is C18H33NO13S. The fourth-order valence-corrected chi connectivity index (χ4v) is 4.47. The Balaban J connectivity index is 1.69. The summed E-state index contributed by atoms with van der Waals surface area (Å²) in [5, 5.41) is 40.6. The van der Waals surface area contributed by atoms with E-state index in [1.807, 2.05) is 0 Å². The monoisotopic (exact) mass is 503 g/mol. The number of aliphatic hydroxyl groups excluding tert-OH is 4. The molecule has 3 rings (SSSR count). The number of hydrogen-bond acceptors (Lipinski definition) is 13. The van der Waals surface area contributed by atoms with Gasteiger partial charge in [-0.25, -0.2) is 0 Å². The zero-order valence-corrected chi connectivity index (χ0v) is 18.9. The lowest BCUT2D eigenvalue weighted by Crippen LogP contribution is -2.64. The minimum absolute atomic E-state index is 0.0336. The number of methoxy groups -OCH3 is 1. The third kappa shape index (κ3) is 7.23. The Labute approximate surface area is 191 Å². The molecule has 3 aliphatic rings. The zero-order valence-electron chi connectivity index (χ0n) is 18.1.